The average Bonchev–Trinajstić information content (AvgIpc) is 2.76. The third kappa shape index (κ3) is 2.42. The number of nitrogens with zero attached hydrogens (tertiary/aromatic N) is 2. The van der Waals surface area contributed by atoms with Gasteiger partial charge in [-0.2, -0.15) is 0 Å². The molecule has 0 bridgehead atoms. The van der Waals surface area contributed by atoms with Crippen LogP contribution in [0.3, 0.4) is 0 Å². The fourth-order valence-corrected chi connectivity index (χ4v) is 2.48. The standard InChI is InChI=1S/C12H13ClN2S/c1-3-10-8(2)12(13)15-11(14-10)7-9-5-4-6-16-9/h4-6H,3,7H2,1-2H3. The Bertz CT molecular complexity index is 480. The summed E-state index contributed by atoms with van der Waals surface area (Å²) < 4.78 is 0. The summed E-state index contributed by atoms with van der Waals surface area (Å²) in [7, 11) is 0. The third-order valence-electron chi connectivity index (χ3n) is 2.48. The molecule has 16 heavy (non-hydrogen) atoms. The number of halogens is 1. The highest BCUT2D eigenvalue weighted by atomic mass is 35.5. The van der Waals surface area contributed by atoms with Crippen molar-refractivity contribution in [2.24, 2.45) is 0 Å². The highest BCUT2D eigenvalue weighted by molar-refractivity contribution is 7.09. The molecule has 0 aromatic carbocycles. The second-order valence-electron chi connectivity index (χ2n) is 3.61. The van der Waals surface area contributed by atoms with Gasteiger partial charge in [0.25, 0.3) is 0 Å². The second-order valence-corrected chi connectivity index (χ2v) is 5.00. The molecule has 0 aliphatic rings. The topological polar surface area (TPSA) is 25.8 Å². The van der Waals surface area contributed by atoms with Gasteiger partial charge in [0, 0.05) is 22.6 Å². The third-order valence-corrected chi connectivity index (χ3v) is 3.73. The minimum Gasteiger partial charge on any atom is -0.237 e. The molecule has 0 atom stereocenters. The molecule has 0 aliphatic carbocycles. The maximum absolute atomic E-state index is 6.09. The first kappa shape index (κ1) is 11.6. The number of rotatable bonds is 3. The van der Waals surface area contributed by atoms with Crippen LogP contribution in [0.15, 0.2) is 17.5 Å². The van der Waals surface area contributed by atoms with Crippen LogP contribution >= 0.6 is 22.9 Å². The smallest absolute Gasteiger partial charge is 0.135 e. The zero-order valence-electron chi connectivity index (χ0n) is 9.33. The molecule has 84 valence electrons. The molecule has 0 N–H and O–H groups in total. The van der Waals surface area contributed by atoms with E-state index in [0.717, 1.165) is 29.9 Å². The van der Waals surface area contributed by atoms with Crippen LogP contribution in [0.5, 0.6) is 0 Å². The van der Waals surface area contributed by atoms with E-state index in [9.17, 15) is 0 Å². The number of aryl methyl sites for hydroxylation is 1. The summed E-state index contributed by atoms with van der Waals surface area (Å²) in [6.45, 7) is 4.05. The lowest BCUT2D eigenvalue weighted by molar-refractivity contribution is 0.894. The molecule has 0 fully saturated rings. The van der Waals surface area contributed by atoms with Crippen molar-refractivity contribution in [3.8, 4) is 0 Å². The molecule has 2 heterocycles. The second kappa shape index (κ2) is 4.93. The van der Waals surface area contributed by atoms with Crippen molar-refractivity contribution >= 4 is 22.9 Å². The Kier molecular flexibility index (Phi) is 3.56. The van der Waals surface area contributed by atoms with E-state index in [1.54, 1.807) is 11.3 Å². The SMILES string of the molecule is CCc1nc(Cc2cccs2)nc(Cl)c1C. The van der Waals surface area contributed by atoms with Crippen molar-refractivity contribution in [1.82, 2.24) is 9.97 Å². The molecular formula is C12H13ClN2S. The summed E-state index contributed by atoms with van der Waals surface area (Å²) in [5.74, 6) is 0.815. The maximum Gasteiger partial charge on any atom is 0.135 e. The van der Waals surface area contributed by atoms with Crippen molar-refractivity contribution < 1.29 is 0 Å². The Hall–Kier alpha value is -0.930. The Morgan fingerprint density at radius 2 is 2.19 bits per heavy atom. The predicted octanol–water partition coefficient (Wildman–Crippen LogP) is 3.65. The van der Waals surface area contributed by atoms with E-state index < -0.39 is 0 Å². The number of hydrogen-bond acceptors (Lipinski definition) is 3. The molecule has 2 nitrogen and oxygen atoms in total. The van der Waals surface area contributed by atoms with Crippen molar-refractivity contribution in [2.75, 3.05) is 0 Å². The normalized spacial score (nSPS) is 10.7. The van der Waals surface area contributed by atoms with Crippen LogP contribution in [-0.4, -0.2) is 9.97 Å². The molecule has 4 heteroatoms. The fraction of sp³-hybridized carbons (Fsp3) is 0.333. The summed E-state index contributed by atoms with van der Waals surface area (Å²) in [5, 5.41) is 2.64. The highest BCUT2D eigenvalue weighted by Gasteiger charge is 2.08. The van der Waals surface area contributed by atoms with Gasteiger partial charge in [-0.25, -0.2) is 9.97 Å². The van der Waals surface area contributed by atoms with Crippen LogP contribution < -0.4 is 0 Å². The van der Waals surface area contributed by atoms with E-state index >= 15 is 0 Å². The van der Waals surface area contributed by atoms with Crippen LogP contribution in [0.25, 0.3) is 0 Å². The molecule has 0 unspecified atom stereocenters. The quantitative estimate of drug-likeness (QED) is 0.780. The molecule has 2 aromatic rings. The zero-order chi connectivity index (χ0) is 11.5. The number of thiophene rings is 1. The van der Waals surface area contributed by atoms with Gasteiger partial charge in [-0.15, -0.1) is 11.3 Å². The summed E-state index contributed by atoms with van der Waals surface area (Å²) in [6, 6.07) is 4.13. The first-order valence-electron chi connectivity index (χ1n) is 5.25. The van der Waals surface area contributed by atoms with Gasteiger partial charge in [0.2, 0.25) is 0 Å². The summed E-state index contributed by atoms with van der Waals surface area (Å²) in [4.78, 5) is 10.1. The van der Waals surface area contributed by atoms with Crippen LogP contribution in [0.2, 0.25) is 5.15 Å². The van der Waals surface area contributed by atoms with Gasteiger partial charge in [-0.05, 0) is 24.8 Å². The van der Waals surface area contributed by atoms with Crippen molar-refractivity contribution in [3.63, 3.8) is 0 Å². The minimum atomic E-state index is 0.582. The zero-order valence-corrected chi connectivity index (χ0v) is 10.9. The molecule has 0 aliphatic heterocycles. The number of hydrogen-bond donors (Lipinski definition) is 0. The molecule has 0 spiro atoms. The number of aromatic nitrogens is 2. The van der Waals surface area contributed by atoms with Crippen LogP contribution in [0, 0.1) is 6.92 Å². The summed E-state index contributed by atoms with van der Waals surface area (Å²) in [5.41, 5.74) is 2.05. The van der Waals surface area contributed by atoms with Gasteiger partial charge in [0.05, 0.1) is 0 Å². The minimum absolute atomic E-state index is 0.582. The molecule has 0 saturated heterocycles. The molecular weight excluding hydrogens is 240 g/mol. The molecule has 0 saturated carbocycles. The van der Waals surface area contributed by atoms with Crippen molar-refractivity contribution in [1.29, 1.82) is 0 Å². The lowest BCUT2D eigenvalue weighted by Gasteiger charge is -2.06. The first-order valence-corrected chi connectivity index (χ1v) is 6.50. The summed E-state index contributed by atoms with van der Waals surface area (Å²) in [6.07, 6.45) is 1.66. The van der Waals surface area contributed by atoms with Crippen molar-refractivity contribution in [2.45, 2.75) is 26.7 Å². The Balaban J connectivity index is 2.32. The van der Waals surface area contributed by atoms with E-state index in [1.807, 2.05) is 13.0 Å². The average molecular weight is 253 g/mol. The Labute approximate surface area is 104 Å². The lowest BCUT2D eigenvalue weighted by atomic mass is 10.2. The van der Waals surface area contributed by atoms with Gasteiger partial charge in [0.1, 0.15) is 11.0 Å². The Morgan fingerprint density at radius 3 is 2.81 bits per heavy atom. The van der Waals surface area contributed by atoms with E-state index in [4.69, 9.17) is 11.6 Å². The largest absolute Gasteiger partial charge is 0.237 e. The van der Waals surface area contributed by atoms with Crippen LogP contribution in [0.4, 0.5) is 0 Å². The van der Waals surface area contributed by atoms with Gasteiger partial charge < -0.3 is 0 Å². The molecule has 0 radical (unpaired) electrons. The van der Waals surface area contributed by atoms with E-state index in [0.29, 0.717) is 5.15 Å². The van der Waals surface area contributed by atoms with Gasteiger partial charge in [-0.1, -0.05) is 24.6 Å². The maximum atomic E-state index is 6.09. The van der Waals surface area contributed by atoms with E-state index in [-0.39, 0.29) is 0 Å². The van der Waals surface area contributed by atoms with Gasteiger partial charge >= 0.3 is 0 Å². The molecule has 2 aromatic heterocycles. The summed E-state index contributed by atoms with van der Waals surface area (Å²) >= 11 is 7.81. The molecule has 0 amide bonds. The van der Waals surface area contributed by atoms with Crippen molar-refractivity contribution in [3.05, 3.63) is 44.6 Å². The fourth-order valence-electron chi connectivity index (χ4n) is 1.57. The lowest BCUT2D eigenvalue weighted by Crippen LogP contribution is -2.02. The highest BCUT2D eigenvalue weighted by Crippen LogP contribution is 2.19. The first-order chi connectivity index (χ1) is 7.70. The van der Waals surface area contributed by atoms with Gasteiger partial charge in [0.15, 0.2) is 0 Å². The predicted molar refractivity (Wildman–Crippen MR) is 68.3 cm³/mol. The van der Waals surface area contributed by atoms with Crippen LogP contribution in [0.1, 0.15) is 28.9 Å². The van der Waals surface area contributed by atoms with E-state index in [2.05, 4.69) is 28.3 Å². The van der Waals surface area contributed by atoms with E-state index in [1.165, 1.54) is 4.88 Å². The van der Waals surface area contributed by atoms with Gasteiger partial charge in [-0.3, -0.25) is 0 Å². The monoisotopic (exact) mass is 252 g/mol. The molecule has 2 rings (SSSR count). The van der Waals surface area contributed by atoms with Crippen LogP contribution in [-0.2, 0) is 12.8 Å². The Morgan fingerprint density at radius 1 is 1.38 bits per heavy atom.